The molecule has 0 aliphatic rings. The number of nitrogens with one attached hydrogen (secondary N) is 2. The van der Waals surface area contributed by atoms with Gasteiger partial charge in [0.15, 0.2) is 5.82 Å². The molecule has 0 atom stereocenters. The van der Waals surface area contributed by atoms with Crippen molar-refractivity contribution in [2.24, 2.45) is 7.05 Å². The van der Waals surface area contributed by atoms with E-state index in [1.807, 2.05) is 27.0 Å². The highest BCUT2D eigenvalue weighted by Crippen LogP contribution is 2.05. The van der Waals surface area contributed by atoms with Gasteiger partial charge in [-0.15, -0.1) is 0 Å². The fourth-order valence-electron chi connectivity index (χ4n) is 1.94. The smallest absolute Gasteiger partial charge is 0.225 e. The Labute approximate surface area is 123 Å². The zero-order valence-corrected chi connectivity index (χ0v) is 12.6. The molecule has 0 saturated heterocycles. The summed E-state index contributed by atoms with van der Waals surface area (Å²) in [7, 11) is 1.81. The second kappa shape index (κ2) is 6.83. The van der Waals surface area contributed by atoms with E-state index in [0.717, 1.165) is 11.4 Å². The van der Waals surface area contributed by atoms with Crippen LogP contribution < -0.4 is 10.6 Å². The minimum atomic E-state index is -0.0446. The Balaban J connectivity index is 1.70. The first-order chi connectivity index (χ1) is 10.0. The molecule has 7 heteroatoms. The third-order valence-electron chi connectivity index (χ3n) is 2.83. The molecule has 0 radical (unpaired) electrons. The fourth-order valence-corrected chi connectivity index (χ4v) is 1.94. The van der Waals surface area contributed by atoms with E-state index in [2.05, 4.69) is 25.7 Å². The van der Waals surface area contributed by atoms with E-state index in [0.29, 0.717) is 31.2 Å². The topological polar surface area (TPSA) is 84.7 Å². The van der Waals surface area contributed by atoms with Crippen LogP contribution in [0, 0.1) is 13.8 Å². The van der Waals surface area contributed by atoms with Gasteiger partial charge in [-0.05, 0) is 26.3 Å². The van der Waals surface area contributed by atoms with Crippen LogP contribution in [0.2, 0.25) is 0 Å². The van der Waals surface area contributed by atoms with E-state index >= 15 is 0 Å². The summed E-state index contributed by atoms with van der Waals surface area (Å²) in [6.45, 7) is 4.51. The van der Waals surface area contributed by atoms with Gasteiger partial charge in [0.05, 0.1) is 0 Å². The molecule has 112 valence electrons. The maximum absolute atomic E-state index is 11.7. The molecular formula is C14H20N6O. The lowest BCUT2D eigenvalue weighted by Crippen LogP contribution is -2.14. The van der Waals surface area contributed by atoms with Crippen LogP contribution in [0.1, 0.15) is 24.2 Å². The first-order valence-electron chi connectivity index (χ1n) is 6.88. The number of hydrogen-bond donors (Lipinski definition) is 2. The van der Waals surface area contributed by atoms with Gasteiger partial charge in [-0.2, -0.15) is 5.10 Å². The van der Waals surface area contributed by atoms with Gasteiger partial charge in [-0.1, -0.05) is 0 Å². The Kier molecular flexibility index (Phi) is 4.86. The summed E-state index contributed by atoms with van der Waals surface area (Å²) in [5.74, 6) is 1.14. The van der Waals surface area contributed by atoms with Crippen LogP contribution in [-0.4, -0.2) is 32.2 Å². The number of carbonyl (C=O) groups is 1. The van der Waals surface area contributed by atoms with E-state index < -0.39 is 0 Å². The van der Waals surface area contributed by atoms with Gasteiger partial charge >= 0.3 is 0 Å². The lowest BCUT2D eigenvalue weighted by Gasteiger charge is -2.06. The first-order valence-corrected chi connectivity index (χ1v) is 6.88. The molecule has 7 nitrogen and oxygen atoms in total. The summed E-state index contributed by atoms with van der Waals surface area (Å²) in [5.41, 5.74) is 1.86. The number of anilines is 2. The summed E-state index contributed by atoms with van der Waals surface area (Å²) in [4.78, 5) is 20.3. The minimum Gasteiger partial charge on any atom is -0.354 e. The Hall–Kier alpha value is -2.44. The molecule has 2 aromatic heterocycles. The summed E-state index contributed by atoms with van der Waals surface area (Å²) in [6.07, 6.45) is 2.91. The van der Waals surface area contributed by atoms with Gasteiger partial charge in [-0.3, -0.25) is 9.48 Å². The van der Waals surface area contributed by atoms with Gasteiger partial charge in [0.25, 0.3) is 0 Å². The van der Waals surface area contributed by atoms with Crippen LogP contribution in [-0.2, 0) is 11.8 Å². The molecule has 0 unspecified atom stereocenters. The average Bonchev–Trinajstić information content (AvgIpc) is 2.79. The van der Waals surface area contributed by atoms with Crippen LogP contribution in [0.25, 0.3) is 0 Å². The van der Waals surface area contributed by atoms with Crippen molar-refractivity contribution >= 4 is 17.7 Å². The van der Waals surface area contributed by atoms with E-state index in [-0.39, 0.29) is 5.91 Å². The third kappa shape index (κ3) is 4.87. The molecule has 1 amide bonds. The van der Waals surface area contributed by atoms with Crippen LogP contribution >= 0.6 is 0 Å². The largest absolute Gasteiger partial charge is 0.354 e. The monoisotopic (exact) mass is 288 g/mol. The van der Waals surface area contributed by atoms with E-state index in [9.17, 15) is 4.79 Å². The summed E-state index contributed by atoms with van der Waals surface area (Å²) in [6, 6.07) is 3.69. The Bertz CT molecular complexity index is 601. The second-order valence-electron chi connectivity index (χ2n) is 4.93. The van der Waals surface area contributed by atoms with Crippen molar-refractivity contribution in [3.63, 3.8) is 0 Å². The number of amides is 1. The molecule has 2 rings (SSSR count). The predicted molar refractivity (Wildman–Crippen MR) is 81.1 cm³/mol. The molecule has 0 fully saturated rings. The van der Waals surface area contributed by atoms with Crippen molar-refractivity contribution in [2.75, 3.05) is 17.2 Å². The zero-order chi connectivity index (χ0) is 15.2. The maximum Gasteiger partial charge on any atom is 0.225 e. The standard InChI is InChI=1S/C14H20N6O/c1-10-9-11(2)17-14(16-10)15-7-4-5-13(21)18-12-6-8-20(3)19-12/h6,8-9H,4-5,7H2,1-3H3,(H,15,16,17)(H,18,19,21). The number of carbonyl (C=O) groups excluding carboxylic acids is 1. The van der Waals surface area contributed by atoms with Crippen LogP contribution in [0.5, 0.6) is 0 Å². The summed E-state index contributed by atoms with van der Waals surface area (Å²) < 4.78 is 1.65. The van der Waals surface area contributed by atoms with Gasteiger partial charge in [0.1, 0.15) is 0 Å². The van der Waals surface area contributed by atoms with Crippen LogP contribution in [0.15, 0.2) is 18.3 Å². The molecule has 2 aromatic rings. The van der Waals surface area contributed by atoms with Crippen molar-refractivity contribution in [2.45, 2.75) is 26.7 Å². The minimum absolute atomic E-state index is 0.0446. The highest BCUT2D eigenvalue weighted by molar-refractivity contribution is 5.89. The van der Waals surface area contributed by atoms with Crippen molar-refractivity contribution in [3.8, 4) is 0 Å². The molecule has 2 N–H and O–H groups in total. The van der Waals surface area contributed by atoms with Gasteiger partial charge in [-0.25, -0.2) is 9.97 Å². The van der Waals surface area contributed by atoms with E-state index in [1.165, 1.54) is 0 Å². The molecule has 0 aliphatic heterocycles. The van der Waals surface area contributed by atoms with Gasteiger partial charge in [0.2, 0.25) is 11.9 Å². The second-order valence-corrected chi connectivity index (χ2v) is 4.93. The Morgan fingerprint density at radius 2 is 2.00 bits per heavy atom. The molecule has 0 aromatic carbocycles. The molecule has 0 bridgehead atoms. The summed E-state index contributed by atoms with van der Waals surface area (Å²) in [5, 5.41) is 9.97. The number of nitrogens with zero attached hydrogens (tertiary/aromatic N) is 4. The lowest BCUT2D eigenvalue weighted by atomic mass is 10.3. The molecule has 2 heterocycles. The number of aromatic nitrogens is 4. The number of rotatable bonds is 6. The van der Waals surface area contributed by atoms with E-state index in [4.69, 9.17) is 0 Å². The van der Waals surface area contributed by atoms with Gasteiger partial charge < -0.3 is 10.6 Å². The highest BCUT2D eigenvalue weighted by Gasteiger charge is 2.04. The van der Waals surface area contributed by atoms with Crippen molar-refractivity contribution < 1.29 is 4.79 Å². The first kappa shape index (κ1) is 15.0. The zero-order valence-electron chi connectivity index (χ0n) is 12.6. The predicted octanol–water partition coefficient (Wildman–Crippen LogP) is 1.66. The van der Waals surface area contributed by atoms with Crippen molar-refractivity contribution in [3.05, 3.63) is 29.7 Å². The molecule has 0 spiro atoms. The lowest BCUT2D eigenvalue weighted by molar-refractivity contribution is -0.116. The Morgan fingerprint density at radius 1 is 1.29 bits per heavy atom. The number of hydrogen-bond acceptors (Lipinski definition) is 5. The molecule has 0 saturated carbocycles. The third-order valence-corrected chi connectivity index (χ3v) is 2.83. The number of aryl methyl sites for hydroxylation is 3. The normalized spacial score (nSPS) is 10.4. The quantitative estimate of drug-likeness (QED) is 0.790. The van der Waals surface area contributed by atoms with Crippen LogP contribution in [0.3, 0.4) is 0 Å². The maximum atomic E-state index is 11.7. The SMILES string of the molecule is Cc1cc(C)nc(NCCCC(=O)Nc2ccn(C)n2)n1. The molecular weight excluding hydrogens is 268 g/mol. The van der Waals surface area contributed by atoms with Crippen molar-refractivity contribution in [1.29, 1.82) is 0 Å². The molecule has 0 aliphatic carbocycles. The van der Waals surface area contributed by atoms with Crippen LogP contribution in [0.4, 0.5) is 11.8 Å². The van der Waals surface area contributed by atoms with Gasteiger partial charge in [0, 0.05) is 43.7 Å². The average molecular weight is 288 g/mol. The Morgan fingerprint density at radius 3 is 2.62 bits per heavy atom. The van der Waals surface area contributed by atoms with E-state index in [1.54, 1.807) is 16.9 Å². The summed E-state index contributed by atoms with van der Waals surface area (Å²) >= 11 is 0. The van der Waals surface area contributed by atoms with Crippen molar-refractivity contribution in [1.82, 2.24) is 19.7 Å². The molecule has 21 heavy (non-hydrogen) atoms. The highest BCUT2D eigenvalue weighted by atomic mass is 16.1. The fraction of sp³-hybridized carbons (Fsp3) is 0.429.